The van der Waals surface area contributed by atoms with E-state index in [0.717, 1.165) is 0 Å². The van der Waals surface area contributed by atoms with Gasteiger partial charge in [0.05, 0.1) is 99.9 Å². The molecule has 0 bridgehead atoms. The molecule has 21 heteroatoms. The fourth-order valence-corrected chi connectivity index (χ4v) is 12.1. The average molecular weight is 1130 g/mol. The van der Waals surface area contributed by atoms with Gasteiger partial charge in [-0.05, 0) is 21.6 Å². The Morgan fingerprint density at radius 2 is 0.358 bits per heavy atom. The van der Waals surface area contributed by atoms with Gasteiger partial charge in [0.25, 0.3) is 0 Å². The van der Waals surface area contributed by atoms with Crippen LogP contribution in [-0.2, 0) is 0 Å². The van der Waals surface area contributed by atoms with Crippen molar-refractivity contribution in [2.24, 2.45) is 0 Å². The molecule has 4 rings (SSSR count). The van der Waals surface area contributed by atoms with Crippen molar-refractivity contribution in [1.82, 2.24) is 0 Å². The lowest BCUT2D eigenvalue weighted by molar-refractivity contribution is 1.43. The minimum atomic E-state index is 0. The van der Waals surface area contributed by atoms with E-state index in [1.165, 1.54) is 47.0 Å². The summed E-state index contributed by atoms with van der Waals surface area (Å²) in [6.45, 7) is 14.5. The van der Waals surface area contributed by atoms with Gasteiger partial charge in [-0.15, -0.1) is 0 Å². The Morgan fingerprint density at radius 3 is 0.453 bits per heavy atom. The topological polar surface area (TPSA) is 0 Å². The van der Waals surface area contributed by atoms with Gasteiger partial charge in [0, 0.05) is 22.3 Å². The van der Waals surface area contributed by atoms with Gasteiger partial charge in [-0.1, -0.05) is 259 Å². The van der Waals surface area contributed by atoms with E-state index in [0.29, 0.717) is 19.6 Å². The van der Waals surface area contributed by atoms with Crippen LogP contribution in [0.3, 0.4) is 0 Å². The van der Waals surface area contributed by atoms with Crippen LogP contribution in [0.25, 0.3) is 22.3 Å². The standard InChI is InChI=1S/2C16H6Cl8S2.H2S/c2*1-3-25-15-11(21)7(17)5(8(18)12(15)22)6-9(19)13(23)16(26-4-2)14(24)10(6)20;/h2*3-4H,1-2H2;1H2. The maximum absolute atomic E-state index is 6.45. The van der Waals surface area contributed by atoms with Crippen LogP contribution in [0.2, 0.25) is 80.4 Å². The highest BCUT2D eigenvalue weighted by molar-refractivity contribution is 8.03. The van der Waals surface area contributed by atoms with E-state index in [-0.39, 0.29) is 116 Å². The molecule has 0 spiro atoms. The molecule has 0 aliphatic carbocycles. The lowest BCUT2D eigenvalue weighted by Gasteiger charge is -2.19. The summed E-state index contributed by atoms with van der Waals surface area (Å²) in [7, 11) is 0. The summed E-state index contributed by atoms with van der Waals surface area (Å²) in [5.74, 6) is 0. The molecule has 0 nitrogen and oxygen atoms in total. The zero-order valence-electron chi connectivity index (χ0n) is 25.3. The zero-order chi connectivity index (χ0) is 39.5. The molecule has 4 aromatic rings. The quantitative estimate of drug-likeness (QED) is 0.115. The van der Waals surface area contributed by atoms with Gasteiger partial charge < -0.3 is 0 Å². The summed E-state index contributed by atoms with van der Waals surface area (Å²) < 4.78 is 0. The molecule has 0 fully saturated rings. The molecule has 0 atom stereocenters. The molecule has 284 valence electrons. The Kier molecular flexibility index (Phi) is 22.0. The first-order valence-corrected chi connectivity index (χ1v) is 22.5. The molecular formula is C32H14Cl16S5. The predicted octanol–water partition coefficient (Wildman–Crippen LogP) is 22.2. The summed E-state index contributed by atoms with van der Waals surface area (Å²) in [6, 6.07) is 0. The highest BCUT2D eigenvalue weighted by Gasteiger charge is 2.30. The van der Waals surface area contributed by atoms with Crippen molar-refractivity contribution in [1.29, 1.82) is 0 Å². The van der Waals surface area contributed by atoms with E-state index in [2.05, 4.69) is 26.3 Å². The second-order valence-electron chi connectivity index (χ2n) is 8.98. The number of hydrogen-bond donors (Lipinski definition) is 0. The van der Waals surface area contributed by atoms with Gasteiger partial charge in [-0.3, -0.25) is 0 Å². The van der Waals surface area contributed by atoms with E-state index in [1.54, 1.807) is 21.6 Å². The van der Waals surface area contributed by atoms with Crippen molar-refractivity contribution < 1.29 is 0 Å². The first kappa shape index (κ1) is 51.4. The summed E-state index contributed by atoms with van der Waals surface area (Å²) in [4.78, 5) is 1.85. The normalized spacial score (nSPS) is 10.7. The first-order chi connectivity index (χ1) is 24.4. The number of benzene rings is 4. The smallest absolute Gasteiger partial charge is 0.0754 e. The maximum Gasteiger partial charge on any atom is 0.0754 e. The minimum Gasteiger partial charge on any atom is -0.197 e. The van der Waals surface area contributed by atoms with Gasteiger partial charge in [-0.25, -0.2) is 0 Å². The van der Waals surface area contributed by atoms with Gasteiger partial charge in [0.1, 0.15) is 0 Å². The summed E-state index contributed by atoms with van der Waals surface area (Å²) in [5, 5.41) is 8.61. The number of hydrogen-bond acceptors (Lipinski definition) is 4. The number of thioether (sulfide) groups is 4. The van der Waals surface area contributed by atoms with Gasteiger partial charge >= 0.3 is 0 Å². The molecule has 4 aromatic carbocycles. The third-order valence-corrected chi connectivity index (χ3v) is 17.2. The van der Waals surface area contributed by atoms with Crippen molar-refractivity contribution in [3.8, 4) is 22.3 Å². The van der Waals surface area contributed by atoms with E-state index in [4.69, 9.17) is 186 Å². The zero-order valence-corrected chi connectivity index (χ0v) is 41.7. The summed E-state index contributed by atoms with van der Waals surface area (Å²) in [6.07, 6.45) is 0. The third-order valence-electron chi connectivity index (χ3n) is 6.20. The fraction of sp³-hybridized carbons (Fsp3) is 0. The lowest BCUT2D eigenvalue weighted by atomic mass is 10.0. The number of rotatable bonds is 10. The highest BCUT2D eigenvalue weighted by Crippen LogP contribution is 2.58. The van der Waals surface area contributed by atoms with Crippen LogP contribution < -0.4 is 0 Å². The monoisotopic (exact) mass is 1120 g/mol. The minimum absolute atomic E-state index is 0. The van der Waals surface area contributed by atoms with Crippen LogP contribution in [0.15, 0.2) is 67.5 Å². The van der Waals surface area contributed by atoms with Crippen molar-refractivity contribution in [3.05, 3.63) is 128 Å². The van der Waals surface area contributed by atoms with Gasteiger partial charge in [-0.2, -0.15) is 13.5 Å². The largest absolute Gasteiger partial charge is 0.197 e. The maximum atomic E-state index is 6.45. The van der Waals surface area contributed by atoms with Crippen LogP contribution in [0.4, 0.5) is 0 Å². The van der Waals surface area contributed by atoms with Crippen LogP contribution in [-0.4, -0.2) is 0 Å². The molecule has 0 N–H and O–H groups in total. The average Bonchev–Trinajstić information content (AvgIpc) is 3.12. The summed E-state index contributed by atoms with van der Waals surface area (Å²) in [5.41, 5.74) is 0.966. The Labute approximate surface area is 410 Å². The van der Waals surface area contributed by atoms with Crippen molar-refractivity contribution >= 4 is 246 Å². The summed E-state index contributed by atoms with van der Waals surface area (Å²) >= 11 is 107. The molecule has 53 heavy (non-hydrogen) atoms. The van der Waals surface area contributed by atoms with Crippen molar-refractivity contribution in [2.45, 2.75) is 19.6 Å². The molecule has 0 aliphatic heterocycles. The van der Waals surface area contributed by atoms with Crippen LogP contribution in [0.1, 0.15) is 0 Å². The van der Waals surface area contributed by atoms with Gasteiger partial charge in [0.2, 0.25) is 0 Å². The lowest BCUT2D eigenvalue weighted by Crippen LogP contribution is -1.93. The second kappa shape index (κ2) is 22.7. The van der Waals surface area contributed by atoms with E-state index in [1.807, 2.05) is 0 Å². The Morgan fingerprint density at radius 1 is 0.245 bits per heavy atom. The third kappa shape index (κ3) is 10.6. The molecule has 0 unspecified atom stereocenters. The van der Waals surface area contributed by atoms with Crippen LogP contribution >= 0.6 is 246 Å². The molecular weight excluding hydrogens is 1110 g/mol. The molecule has 0 radical (unpaired) electrons. The molecule has 0 saturated heterocycles. The van der Waals surface area contributed by atoms with E-state index < -0.39 is 0 Å². The molecule has 0 saturated carbocycles. The first-order valence-electron chi connectivity index (χ1n) is 12.9. The molecule has 0 aliphatic rings. The number of halogens is 16. The van der Waals surface area contributed by atoms with Crippen LogP contribution in [0, 0.1) is 0 Å². The molecule has 0 amide bonds. The Hall–Kier alpha value is 2.23. The van der Waals surface area contributed by atoms with Gasteiger partial charge in [0.15, 0.2) is 0 Å². The molecule has 0 heterocycles. The Balaban J connectivity index is 0.000000360. The Bertz CT molecular complexity index is 1730. The van der Waals surface area contributed by atoms with Crippen molar-refractivity contribution in [2.75, 3.05) is 0 Å². The van der Waals surface area contributed by atoms with Crippen molar-refractivity contribution in [3.63, 3.8) is 0 Å². The molecule has 0 aromatic heterocycles. The van der Waals surface area contributed by atoms with E-state index in [9.17, 15) is 0 Å². The SMILES string of the molecule is C=CSc1c(Cl)c(Cl)c(-c2c(Cl)c(Cl)c(SC=C)c(Cl)c2Cl)c(Cl)c1Cl.C=CSc1c(Cl)c(Cl)c(-c2c(Cl)c(Cl)c(SC=C)c(Cl)c2Cl)c(Cl)c1Cl.S. The van der Waals surface area contributed by atoms with Crippen LogP contribution in [0.5, 0.6) is 0 Å². The van der Waals surface area contributed by atoms with E-state index >= 15 is 0 Å². The fourth-order valence-electron chi connectivity index (χ4n) is 4.07. The highest BCUT2D eigenvalue weighted by atomic mass is 35.5. The second-order valence-corrected chi connectivity index (χ2v) is 18.9. The predicted molar refractivity (Wildman–Crippen MR) is 259 cm³/mol.